The molecule has 1 rings (SSSR count). The molecular weight excluding hydrogens is 217 g/mol. The minimum absolute atomic E-state index is 0.297. The number of nitrogens with one attached hydrogen (secondary N) is 1. The Morgan fingerprint density at radius 1 is 1.29 bits per heavy atom. The third kappa shape index (κ3) is 2.63. The number of rotatable bonds is 4. The van der Waals surface area contributed by atoms with Gasteiger partial charge in [-0.15, -0.1) is 0 Å². The van der Waals surface area contributed by atoms with Crippen molar-refractivity contribution in [1.82, 2.24) is 5.32 Å². The summed E-state index contributed by atoms with van der Waals surface area (Å²) in [5, 5.41) is 4.67. The molecule has 1 aromatic carbocycles. The molecule has 0 fully saturated rings. The Hall–Kier alpha value is -0.240. The van der Waals surface area contributed by atoms with Crippen LogP contribution in [0.1, 0.15) is 31.9 Å². The summed E-state index contributed by atoms with van der Waals surface area (Å²) in [6.07, 6.45) is 1.01. The van der Waals surface area contributed by atoms with Gasteiger partial charge in [0.25, 0.3) is 0 Å². The van der Waals surface area contributed by atoms with Gasteiger partial charge in [0.15, 0.2) is 0 Å². The molecule has 0 bridgehead atoms. The SMILES string of the molecule is CCNC(CC)c1cccc(Cl)c1Cl. The first kappa shape index (κ1) is 11.8. The minimum atomic E-state index is 0.297. The van der Waals surface area contributed by atoms with Crippen molar-refractivity contribution in [2.75, 3.05) is 6.54 Å². The van der Waals surface area contributed by atoms with E-state index in [0.29, 0.717) is 16.1 Å². The highest BCUT2D eigenvalue weighted by molar-refractivity contribution is 6.42. The maximum atomic E-state index is 6.13. The van der Waals surface area contributed by atoms with Gasteiger partial charge >= 0.3 is 0 Å². The summed E-state index contributed by atoms with van der Waals surface area (Å²) in [5.41, 5.74) is 1.09. The van der Waals surface area contributed by atoms with Crippen molar-refractivity contribution in [3.8, 4) is 0 Å². The average Bonchev–Trinajstić information content (AvgIpc) is 2.19. The van der Waals surface area contributed by atoms with E-state index < -0.39 is 0 Å². The van der Waals surface area contributed by atoms with Crippen LogP contribution in [0.2, 0.25) is 10.0 Å². The minimum Gasteiger partial charge on any atom is -0.310 e. The highest BCUT2D eigenvalue weighted by Crippen LogP contribution is 2.30. The Morgan fingerprint density at radius 2 is 2.00 bits per heavy atom. The molecule has 1 N–H and O–H groups in total. The molecular formula is C11H15Cl2N. The van der Waals surface area contributed by atoms with E-state index in [0.717, 1.165) is 18.5 Å². The molecule has 0 aliphatic heterocycles. The van der Waals surface area contributed by atoms with Gasteiger partial charge in [0.05, 0.1) is 10.0 Å². The van der Waals surface area contributed by atoms with Crippen molar-refractivity contribution < 1.29 is 0 Å². The van der Waals surface area contributed by atoms with Crippen molar-refractivity contribution in [3.63, 3.8) is 0 Å². The number of hydrogen-bond acceptors (Lipinski definition) is 1. The average molecular weight is 232 g/mol. The van der Waals surface area contributed by atoms with Gasteiger partial charge in [0, 0.05) is 6.04 Å². The summed E-state index contributed by atoms with van der Waals surface area (Å²) < 4.78 is 0. The van der Waals surface area contributed by atoms with Gasteiger partial charge in [-0.3, -0.25) is 0 Å². The summed E-state index contributed by atoms with van der Waals surface area (Å²) in [6, 6.07) is 6.06. The van der Waals surface area contributed by atoms with Crippen molar-refractivity contribution in [2.24, 2.45) is 0 Å². The third-order valence-corrected chi connectivity index (χ3v) is 3.05. The Kier molecular flexibility index (Phi) is 4.73. The van der Waals surface area contributed by atoms with E-state index in [2.05, 4.69) is 19.2 Å². The summed E-state index contributed by atoms with van der Waals surface area (Å²) >= 11 is 12.1. The van der Waals surface area contributed by atoms with Gasteiger partial charge < -0.3 is 5.32 Å². The highest BCUT2D eigenvalue weighted by atomic mass is 35.5. The van der Waals surface area contributed by atoms with Crippen LogP contribution < -0.4 is 5.32 Å². The van der Waals surface area contributed by atoms with Crippen LogP contribution in [0.25, 0.3) is 0 Å². The van der Waals surface area contributed by atoms with Crippen molar-refractivity contribution in [2.45, 2.75) is 26.3 Å². The molecule has 0 aromatic heterocycles. The van der Waals surface area contributed by atoms with E-state index in [1.165, 1.54) is 0 Å². The lowest BCUT2D eigenvalue weighted by Crippen LogP contribution is -2.20. The molecule has 1 nitrogen and oxygen atoms in total. The first-order valence-corrected chi connectivity index (χ1v) is 5.63. The molecule has 14 heavy (non-hydrogen) atoms. The lowest BCUT2D eigenvalue weighted by molar-refractivity contribution is 0.537. The molecule has 1 unspecified atom stereocenters. The number of halogens is 2. The zero-order valence-electron chi connectivity index (χ0n) is 8.48. The normalized spacial score (nSPS) is 12.9. The molecule has 0 heterocycles. The second-order valence-corrected chi connectivity index (χ2v) is 3.95. The van der Waals surface area contributed by atoms with E-state index in [9.17, 15) is 0 Å². The summed E-state index contributed by atoms with van der Waals surface area (Å²) in [7, 11) is 0. The van der Waals surface area contributed by atoms with E-state index in [1.807, 2.05) is 18.2 Å². The smallest absolute Gasteiger partial charge is 0.0640 e. The van der Waals surface area contributed by atoms with Gasteiger partial charge in [-0.2, -0.15) is 0 Å². The summed E-state index contributed by atoms with van der Waals surface area (Å²) in [4.78, 5) is 0. The van der Waals surface area contributed by atoms with E-state index in [4.69, 9.17) is 23.2 Å². The van der Waals surface area contributed by atoms with Gasteiger partial charge in [-0.05, 0) is 24.6 Å². The second kappa shape index (κ2) is 5.59. The predicted molar refractivity (Wildman–Crippen MR) is 63.2 cm³/mol. The molecule has 0 saturated heterocycles. The van der Waals surface area contributed by atoms with Crippen LogP contribution in [-0.2, 0) is 0 Å². The molecule has 1 atom stereocenters. The summed E-state index contributed by atoms with van der Waals surface area (Å²) in [6.45, 7) is 5.15. The topological polar surface area (TPSA) is 12.0 Å². The second-order valence-electron chi connectivity index (χ2n) is 3.16. The fourth-order valence-corrected chi connectivity index (χ4v) is 1.95. The molecule has 0 amide bonds. The van der Waals surface area contributed by atoms with Gasteiger partial charge in [0.1, 0.15) is 0 Å². The van der Waals surface area contributed by atoms with Crippen LogP contribution in [0.5, 0.6) is 0 Å². The lowest BCUT2D eigenvalue weighted by atomic mass is 10.0. The van der Waals surface area contributed by atoms with Crippen molar-refractivity contribution in [3.05, 3.63) is 33.8 Å². The Labute approximate surface area is 95.4 Å². The maximum absolute atomic E-state index is 6.13. The largest absolute Gasteiger partial charge is 0.310 e. The van der Waals surface area contributed by atoms with Crippen molar-refractivity contribution >= 4 is 23.2 Å². The van der Waals surface area contributed by atoms with E-state index in [-0.39, 0.29) is 0 Å². The predicted octanol–water partition coefficient (Wildman–Crippen LogP) is 4.05. The van der Waals surface area contributed by atoms with Crippen LogP contribution in [-0.4, -0.2) is 6.54 Å². The Bertz CT molecular complexity index is 299. The molecule has 3 heteroatoms. The summed E-state index contributed by atoms with van der Waals surface area (Å²) in [5.74, 6) is 0. The molecule has 0 saturated carbocycles. The lowest BCUT2D eigenvalue weighted by Gasteiger charge is -2.18. The highest BCUT2D eigenvalue weighted by Gasteiger charge is 2.12. The van der Waals surface area contributed by atoms with Gasteiger partial charge in [-0.1, -0.05) is 49.2 Å². The zero-order valence-corrected chi connectivity index (χ0v) is 9.99. The maximum Gasteiger partial charge on any atom is 0.0640 e. The fraction of sp³-hybridized carbons (Fsp3) is 0.455. The molecule has 78 valence electrons. The van der Waals surface area contributed by atoms with E-state index in [1.54, 1.807) is 0 Å². The van der Waals surface area contributed by atoms with Crippen molar-refractivity contribution in [1.29, 1.82) is 0 Å². The molecule has 0 radical (unpaired) electrons. The third-order valence-electron chi connectivity index (χ3n) is 2.22. The van der Waals surface area contributed by atoms with Crippen LogP contribution in [0.3, 0.4) is 0 Å². The standard InChI is InChI=1S/C11H15Cl2N/c1-3-10(14-4-2)8-6-5-7-9(12)11(8)13/h5-7,10,14H,3-4H2,1-2H3. The molecule has 0 aliphatic rings. The Balaban J connectivity index is 2.97. The van der Waals surface area contributed by atoms with E-state index >= 15 is 0 Å². The Morgan fingerprint density at radius 3 is 2.57 bits per heavy atom. The van der Waals surface area contributed by atoms with Crippen LogP contribution in [0.4, 0.5) is 0 Å². The quantitative estimate of drug-likeness (QED) is 0.825. The fourth-order valence-electron chi connectivity index (χ4n) is 1.51. The zero-order chi connectivity index (χ0) is 10.6. The molecule has 1 aromatic rings. The number of hydrogen-bond donors (Lipinski definition) is 1. The van der Waals surface area contributed by atoms with Crippen LogP contribution in [0.15, 0.2) is 18.2 Å². The first-order chi connectivity index (χ1) is 6.70. The molecule has 0 aliphatic carbocycles. The monoisotopic (exact) mass is 231 g/mol. The molecule has 0 spiro atoms. The van der Waals surface area contributed by atoms with Crippen LogP contribution in [0, 0.1) is 0 Å². The van der Waals surface area contributed by atoms with Gasteiger partial charge in [0.2, 0.25) is 0 Å². The van der Waals surface area contributed by atoms with Gasteiger partial charge in [-0.25, -0.2) is 0 Å². The number of benzene rings is 1. The van der Waals surface area contributed by atoms with Crippen LogP contribution >= 0.6 is 23.2 Å². The first-order valence-electron chi connectivity index (χ1n) is 4.88.